The molecule has 1 spiro atoms. The van der Waals surface area contributed by atoms with Crippen LogP contribution in [0.15, 0.2) is 60.7 Å². The van der Waals surface area contributed by atoms with Crippen LogP contribution in [0.25, 0.3) is 0 Å². The molecule has 1 atom stereocenters. The number of carbonyl (C=O) groups excluding carboxylic acids is 2. The molecule has 2 aromatic rings. The first-order valence-corrected chi connectivity index (χ1v) is 12.5. The van der Waals surface area contributed by atoms with Gasteiger partial charge in [-0.05, 0) is 42.2 Å². The highest BCUT2D eigenvalue weighted by Gasteiger charge is 2.59. The molecule has 1 unspecified atom stereocenters. The highest BCUT2D eigenvalue weighted by molar-refractivity contribution is 5.83. The van der Waals surface area contributed by atoms with E-state index in [1.807, 2.05) is 23.1 Å². The Kier molecular flexibility index (Phi) is 6.50. The summed E-state index contributed by atoms with van der Waals surface area (Å²) in [6, 6.07) is 20.8. The van der Waals surface area contributed by atoms with Crippen molar-refractivity contribution in [2.24, 2.45) is 11.3 Å². The van der Waals surface area contributed by atoms with E-state index >= 15 is 0 Å². The molecule has 33 heavy (non-hydrogen) atoms. The minimum absolute atomic E-state index is 0.161. The lowest BCUT2D eigenvalue weighted by Gasteiger charge is -2.36. The highest BCUT2D eigenvalue weighted by Crippen LogP contribution is 2.60. The van der Waals surface area contributed by atoms with Gasteiger partial charge >= 0.3 is 0 Å². The molecule has 0 bridgehead atoms. The molecule has 5 heteroatoms. The Bertz CT molecular complexity index is 946. The van der Waals surface area contributed by atoms with Crippen LogP contribution in [-0.2, 0) is 22.6 Å². The average molecular weight is 446 g/mol. The van der Waals surface area contributed by atoms with Gasteiger partial charge in [-0.3, -0.25) is 14.5 Å². The number of hydrogen-bond acceptors (Lipinski definition) is 3. The van der Waals surface area contributed by atoms with Gasteiger partial charge in [0.15, 0.2) is 0 Å². The number of piperazine rings is 1. The standard InChI is InChI=1S/C28H35N3O2/c32-26(12-11-23-7-3-1-4-8-23)30-15-13-28(14-16-30)21-25(28)27(33)31-19-17-29(18-20-31)22-24-9-5-2-6-10-24/h1-10,25H,11-22H2. The summed E-state index contributed by atoms with van der Waals surface area (Å²) in [5.74, 6) is 0.796. The fourth-order valence-corrected chi connectivity index (χ4v) is 5.69. The zero-order valence-electron chi connectivity index (χ0n) is 19.5. The Balaban J connectivity index is 1.05. The summed E-state index contributed by atoms with van der Waals surface area (Å²) in [7, 11) is 0. The number of aryl methyl sites for hydroxylation is 1. The topological polar surface area (TPSA) is 43.9 Å². The second kappa shape index (κ2) is 9.68. The summed E-state index contributed by atoms with van der Waals surface area (Å²) in [6.45, 7) is 6.15. The summed E-state index contributed by atoms with van der Waals surface area (Å²) in [5.41, 5.74) is 2.72. The van der Waals surface area contributed by atoms with Crippen LogP contribution in [0.3, 0.4) is 0 Å². The number of rotatable bonds is 6. The molecule has 0 N–H and O–H groups in total. The predicted octanol–water partition coefficient (Wildman–Crippen LogP) is 3.59. The Labute approximate surface area is 197 Å². The monoisotopic (exact) mass is 445 g/mol. The molecule has 2 amide bonds. The summed E-state index contributed by atoms with van der Waals surface area (Å²) < 4.78 is 0. The number of amides is 2. The van der Waals surface area contributed by atoms with E-state index in [1.165, 1.54) is 11.1 Å². The third-order valence-corrected chi connectivity index (χ3v) is 8.00. The predicted molar refractivity (Wildman–Crippen MR) is 129 cm³/mol. The minimum Gasteiger partial charge on any atom is -0.343 e. The Morgan fingerprint density at radius 2 is 1.36 bits per heavy atom. The Morgan fingerprint density at radius 1 is 0.758 bits per heavy atom. The van der Waals surface area contributed by atoms with Crippen molar-refractivity contribution in [2.45, 2.75) is 38.6 Å². The van der Waals surface area contributed by atoms with Crippen LogP contribution in [-0.4, -0.2) is 65.8 Å². The third kappa shape index (κ3) is 5.14. The van der Waals surface area contributed by atoms with Gasteiger partial charge in [-0.15, -0.1) is 0 Å². The van der Waals surface area contributed by atoms with Gasteiger partial charge in [0.2, 0.25) is 11.8 Å². The van der Waals surface area contributed by atoms with Crippen molar-refractivity contribution in [1.82, 2.24) is 14.7 Å². The SMILES string of the molecule is O=C(CCc1ccccc1)N1CCC2(CC1)CC2C(=O)N1CCN(Cc2ccccc2)CC1. The van der Waals surface area contributed by atoms with Crippen molar-refractivity contribution in [3.05, 3.63) is 71.8 Å². The molecule has 1 aliphatic carbocycles. The van der Waals surface area contributed by atoms with Crippen molar-refractivity contribution in [2.75, 3.05) is 39.3 Å². The van der Waals surface area contributed by atoms with Crippen molar-refractivity contribution in [3.63, 3.8) is 0 Å². The number of benzene rings is 2. The van der Waals surface area contributed by atoms with Gasteiger partial charge in [0, 0.05) is 58.2 Å². The van der Waals surface area contributed by atoms with Crippen molar-refractivity contribution in [1.29, 1.82) is 0 Å². The van der Waals surface area contributed by atoms with Crippen LogP contribution in [0.2, 0.25) is 0 Å². The maximum absolute atomic E-state index is 13.2. The molecule has 5 nitrogen and oxygen atoms in total. The zero-order valence-corrected chi connectivity index (χ0v) is 19.5. The fourth-order valence-electron chi connectivity index (χ4n) is 5.69. The lowest BCUT2D eigenvalue weighted by atomic mass is 9.90. The van der Waals surface area contributed by atoms with E-state index in [2.05, 4.69) is 52.3 Å². The Hall–Kier alpha value is -2.66. The van der Waals surface area contributed by atoms with Gasteiger partial charge in [0.1, 0.15) is 0 Å². The van der Waals surface area contributed by atoms with Crippen LogP contribution in [0.5, 0.6) is 0 Å². The second-order valence-electron chi connectivity index (χ2n) is 10.1. The smallest absolute Gasteiger partial charge is 0.226 e. The van der Waals surface area contributed by atoms with Crippen LogP contribution in [0, 0.1) is 11.3 Å². The number of nitrogens with zero attached hydrogens (tertiary/aromatic N) is 3. The van der Waals surface area contributed by atoms with E-state index in [9.17, 15) is 9.59 Å². The summed E-state index contributed by atoms with van der Waals surface area (Å²) >= 11 is 0. The molecule has 0 aromatic heterocycles. The molecule has 1 saturated carbocycles. The van der Waals surface area contributed by atoms with Crippen LogP contribution in [0.4, 0.5) is 0 Å². The normalized spacial score (nSPS) is 22.4. The second-order valence-corrected chi connectivity index (χ2v) is 10.1. The van der Waals surface area contributed by atoms with Crippen molar-refractivity contribution < 1.29 is 9.59 Å². The first-order valence-electron chi connectivity index (χ1n) is 12.5. The Morgan fingerprint density at radius 3 is 2.00 bits per heavy atom. The minimum atomic E-state index is 0.161. The van der Waals surface area contributed by atoms with Crippen LogP contribution >= 0.6 is 0 Å². The van der Waals surface area contributed by atoms with Crippen LogP contribution < -0.4 is 0 Å². The number of hydrogen-bond donors (Lipinski definition) is 0. The molecule has 3 aliphatic rings. The fraction of sp³-hybridized carbons (Fsp3) is 0.500. The summed E-state index contributed by atoms with van der Waals surface area (Å²) in [4.78, 5) is 32.4. The average Bonchev–Trinajstić information content (AvgIpc) is 3.57. The third-order valence-electron chi connectivity index (χ3n) is 8.00. The molecule has 3 fully saturated rings. The molecule has 0 radical (unpaired) electrons. The maximum atomic E-state index is 13.2. The van der Waals surface area contributed by atoms with E-state index in [0.717, 1.165) is 71.5 Å². The lowest BCUT2D eigenvalue weighted by Crippen LogP contribution is -2.49. The van der Waals surface area contributed by atoms with E-state index in [4.69, 9.17) is 0 Å². The first-order chi connectivity index (χ1) is 16.1. The van der Waals surface area contributed by atoms with Crippen molar-refractivity contribution >= 4 is 11.8 Å². The maximum Gasteiger partial charge on any atom is 0.226 e. The van der Waals surface area contributed by atoms with E-state index in [1.54, 1.807) is 0 Å². The highest BCUT2D eigenvalue weighted by atomic mass is 16.2. The molecule has 5 rings (SSSR count). The number of carbonyl (C=O) groups is 2. The van der Waals surface area contributed by atoms with Gasteiger partial charge in [-0.1, -0.05) is 60.7 Å². The van der Waals surface area contributed by atoms with Gasteiger partial charge in [-0.25, -0.2) is 0 Å². The largest absolute Gasteiger partial charge is 0.343 e. The van der Waals surface area contributed by atoms with Gasteiger partial charge in [0.25, 0.3) is 0 Å². The van der Waals surface area contributed by atoms with Crippen molar-refractivity contribution in [3.8, 4) is 0 Å². The molecule has 2 aliphatic heterocycles. The van der Waals surface area contributed by atoms with Crippen LogP contribution in [0.1, 0.15) is 36.8 Å². The quantitative estimate of drug-likeness (QED) is 0.683. The molecule has 2 saturated heterocycles. The summed E-state index contributed by atoms with van der Waals surface area (Å²) in [5, 5.41) is 0. The molecule has 2 aromatic carbocycles. The first kappa shape index (κ1) is 22.1. The van der Waals surface area contributed by atoms with E-state index in [-0.39, 0.29) is 17.2 Å². The molecule has 174 valence electrons. The van der Waals surface area contributed by atoms with Gasteiger partial charge in [-0.2, -0.15) is 0 Å². The number of piperidine rings is 1. The van der Waals surface area contributed by atoms with E-state index in [0.29, 0.717) is 12.3 Å². The van der Waals surface area contributed by atoms with Gasteiger partial charge in [0.05, 0.1) is 0 Å². The van der Waals surface area contributed by atoms with Gasteiger partial charge < -0.3 is 9.80 Å². The van der Waals surface area contributed by atoms with E-state index < -0.39 is 0 Å². The zero-order chi connectivity index (χ0) is 22.7. The molecule has 2 heterocycles. The number of likely N-dealkylation sites (tertiary alicyclic amines) is 1. The molecular formula is C28H35N3O2. The molecular weight excluding hydrogens is 410 g/mol. The summed E-state index contributed by atoms with van der Waals surface area (Å²) in [6.07, 6.45) is 4.36. The lowest BCUT2D eigenvalue weighted by molar-refractivity contribution is -0.136.